The van der Waals surface area contributed by atoms with Gasteiger partial charge in [-0.15, -0.1) is 0 Å². The lowest BCUT2D eigenvalue weighted by molar-refractivity contribution is 0.0735. The largest absolute Gasteiger partial charge is 0.497 e. The molecule has 0 atom stereocenters. The first-order valence-electron chi connectivity index (χ1n) is 8.99. The van der Waals surface area contributed by atoms with Crippen molar-refractivity contribution < 1.29 is 23.4 Å². The van der Waals surface area contributed by atoms with E-state index in [1.54, 1.807) is 31.4 Å². The lowest BCUT2D eigenvalue weighted by atomic mass is 10.2. The minimum Gasteiger partial charge on any atom is -0.497 e. The molecule has 156 valence electrons. The molecule has 0 aliphatic heterocycles. The summed E-state index contributed by atoms with van der Waals surface area (Å²) in [5.74, 6) is 0.731. The van der Waals surface area contributed by atoms with E-state index in [1.165, 1.54) is 42.7 Å². The van der Waals surface area contributed by atoms with Gasteiger partial charge in [-0.25, -0.2) is 4.79 Å². The van der Waals surface area contributed by atoms with E-state index < -0.39 is 5.97 Å². The third kappa shape index (κ3) is 4.50. The van der Waals surface area contributed by atoms with Crippen molar-refractivity contribution in [1.82, 2.24) is 0 Å². The summed E-state index contributed by atoms with van der Waals surface area (Å²) in [6, 6.07) is 15.6. The van der Waals surface area contributed by atoms with Gasteiger partial charge in [-0.1, -0.05) is 23.2 Å². The Morgan fingerprint density at radius 2 is 1.58 bits per heavy atom. The average molecular weight is 457 g/mol. The van der Waals surface area contributed by atoms with E-state index in [2.05, 4.69) is 0 Å². The second-order valence-corrected chi connectivity index (χ2v) is 7.20. The van der Waals surface area contributed by atoms with Crippen LogP contribution < -0.4 is 19.6 Å². The summed E-state index contributed by atoms with van der Waals surface area (Å²) < 4.78 is 21.6. The van der Waals surface area contributed by atoms with Gasteiger partial charge in [-0.3, -0.25) is 4.79 Å². The van der Waals surface area contributed by atoms with Crippen molar-refractivity contribution in [2.24, 2.45) is 0 Å². The van der Waals surface area contributed by atoms with Gasteiger partial charge in [0.2, 0.25) is 11.2 Å². The van der Waals surface area contributed by atoms with Crippen LogP contribution in [0.3, 0.4) is 0 Å². The zero-order valence-corrected chi connectivity index (χ0v) is 17.6. The van der Waals surface area contributed by atoms with Crippen LogP contribution in [0.4, 0.5) is 0 Å². The SMILES string of the molecule is COc1ccc(Oc2coc3cc(OC(=O)c4ccc(Cl)c(Cl)c4)ccc3c2=O)cc1. The molecule has 0 spiro atoms. The number of ether oxygens (including phenoxy) is 3. The van der Waals surface area contributed by atoms with E-state index in [4.69, 9.17) is 41.8 Å². The van der Waals surface area contributed by atoms with Crippen molar-refractivity contribution in [2.75, 3.05) is 7.11 Å². The fraction of sp³-hybridized carbons (Fsp3) is 0.0435. The van der Waals surface area contributed by atoms with Crippen LogP contribution >= 0.6 is 23.2 Å². The standard InChI is InChI=1S/C23H14Cl2O6/c1-28-14-3-5-15(6-4-14)30-21-12-29-20-11-16(7-8-17(20)22(21)26)31-23(27)13-2-9-18(24)19(25)10-13/h2-12H,1H3. The number of methoxy groups -OCH3 is 1. The highest BCUT2D eigenvalue weighted by Gasteiger charge is 2.14. The molecule has 0 unspecified atom stereocenters. The molecule has 0 bridgehead atoms. The molecule has 1 heterocycles. The predicted molar refractivity (Wildman–Crippen MR) is 117 cm³/mol. The number of esters is 1. The Morgan fingerprint density at radius 1 is 0.871 bits per heavy atom. The summed E-state index contributed by atoms with van der Waals surface area (Å²) in [6.45, 7) is 0. The van der Waals surface area contributed by atoms with Gasteiger partial charge >= 0.3 is 5.97 Å². The molecule has 6 nitrogen and oxygen atoms in total. The number of hydrogen-bond donors (Lipinski definition) is 0. The van der Waals surface area contributed by atoms with E-state index in [0.717, 1.165) is 0 Å². The molecule has 0 N–H and O–H groups in total. The fourth-order valence-corrected chi connectivity index (χ4v) is 3.08. The zero-order valence-electron chi connectivity index (χ0n) is 16.1. The van der Waals surface area contributed by atoms with Crippen LogP contribution in [0.15, 0.2) is 76.1 Å². The summed E-state index contributed by atoms with van der Waals surface area (Å²) in [6.07, 6.45) is 1.21. The molecular formula is C23H14Cl2O6. The third-order valence-corrected chi connectivity index (χ3v) is 5.11. The first-order valence-corrected chi connectivity index (χ1v) is 9.75. The van der Waals surface area contributed by atoms with Crippen LogP contribution in [0.5, 0.6) is 23.0 Å². The molecule has 0 saturated heterocycles. The van der Waals surface area contributed by atoms with E-state index in [1.807, 2.05) is 0 Å². The minimum atomic E-state index is -0.625. The number of benzene rings is 3. The summed E-state index contributed by atoms with van der Waals surface area (Å²) in [5, 5.41) is 0.851. The van der Waals surface area contributed by atoms with Gasteiger partial charge in [-0.05, 0) is 54.6 Å². The average Bonchev–Trinajstić information content (AvgIpc) is 2.78. The highest BCUT2D eigenvalue weighted by atomic mass is 35.5. The normalized spacial score (nSPS) is 10.7. The maximum absolute atomic E-state index is 12.7. The van der Waals surface area contributed by atoms with Crippen LogP contribution in [-0.2, 0) is 0 Å². The maximum Gasteiger partial charge on any atom is 0.343 e. The van der Waals surface area contributed by atoms with Crippen molar-refractivity contribution in [2.45, 2.75) is 0 Å². The Bertz CT molecular complexity index is 1330. The molecule has 4 rings (SSSR count). The number of hydrogen-bond acceptors (Lipinski definition) is 6. The summed E-state index contributed by atoms with van der Waals surface area (Å²) >= 11 is 11.8. The molecule has 8 heteroatoms. The third-order valence-electron chi connectivity index (χ3n) is 4.37. The maximum atomic E-state index is 12.7. The first-order chi connectivity index (χ1) is 14.9. The van der Waals surface area contributed by atoms with Crippen molar-refractivity contribution in [3.8, 4) is 23.0 Å². The monoisotopic (exact) mass is 456 g/mol. The van der Waals surface area contributed by atoms with Crippen LogP contribution in [-0.4, -0.2) is 13.1 Å². The van der Waals surface area contributed by atoms with Gasteiger partial charge < -0.3 is 18.6 Å². The van der Waals surface area contributed by atoms with Gasteiger partial charge in [0.1, 0.15) is 29.1 Å². The van der Waals surface area contributed by atoms with Gasteiger partial charge in [0.15, 0.2) is 0 Å². The van der Waals surface area contributed by atoms with E-state index in [-0.39, 0.29) is 38.5 Å². The molecule has 0 aliphatic carbocycles. The minimum absolute atomic E-state index is 0.0261. The smallest absolute Gasteiger partial charge is 0.343 e. The molecule has 0 fully saturated rings. The molecule has 3 aromatic carbocycles. The van der Waals surface area contributed by atoms with Crippen LogP contribution in [0.25, 0.3) is 11.0 Å². The lowest BCUT2D eigenvalue weighted by Crippen LogP contribution is -2.09. The summed E-state index contributed by atoms with van der Waals surface area (Å²) in [4.78, 5) is 25.1. The quantitative estimate of drug-likeness (QED) is 0.266. The lowest BCUT2D eigenvalue weighted by Gasteiger charge is -2.08. The predicted octanol–water partition coefficient (Wildman–Crippen LogP) is 6.12. The number of rotatable bonds is 5. The molecule has 0 aliphatic rings. The Kier molecular flexibility index (Phi) is 5.84. The van der Waals surface area contributed by atoms with E-state index >= 15 is 0 Å². The fourth-order valence-electron chi connectivity index (χ4n) is 2.78. The molecule has 4 aromatic rings. The van der Waals surface area contributed by atoms with Crippen LogP contribution in [0.2, 0.25) is 10.0 Å². The van der Waals surface area contributed by atoms with Crippen molar-refractivity contribution in [1.29, 1.82) is 0 Å². The Hall–Kier alpha value is -3.48. The number of carbonyl (C=O) groups excluding carboxylic acids is 1. The van der Waals surface area contributed by atoms with Gasteiger partial charge in [0, 0.05) is 6.07 Å². The number of fused-ring (bicyclic) bond motifs is 1. The van der Waals surface area contributed by atoms with Gasteiger partial charge in [0.05, 0.1) is 28.1 Å². The highest BCUT2D eigenvalue weighted by molar-refractivity contribution is 6.42. The van der Waals surface area contributed by atoms with Crippen LogP contribution in [0.1, 0.15) is 10.4 Å². The topological polar surface area (TPSA) is 75.0 Å². The first kappa shape index (κ1) is 20.8. The molecular weight excluding hydrogens is 443 g/mol. The number of carbonyl (C=O) groups is 1. The van der Waals surface area contributed by atoms with E-state index in [0.29, 0.717) is 16.5 Å². The van der Waals surface area contributed by atoms with Gasteiger partial charge in [0.25, 0.3) is 0 Å². The van der Waals surface area contributed by atoms with Crippen molar-refractivity contribution >= 4 is 40.1 Å². The van der Waals surface area contributed by atoms with Crippen molar-refractivity contribution in [3.05, 3.63) is 92.8 Å². The molecule has 31 heavy (non-hydrogen) atoms. The second kappa shape index (κ2) is 8.71. The van der Waals surface area contributed by atoms with Gasteiger partial charge in [-0.2, -0.15) is 0 Å². The second-order valence-electron chi connectivity index (χ2n) is 6.38. The zero-order chi connectivity index (χ0) is 22.0. The molecule has 0 saturated carbocycles. The van der Waals surface area contributed by atoms with Crippen LogP contribution in [0, 0.1) is 0 Å². The Morgan fingerprint density at radius 3 is 2.29 bits per heavy atom. The molecule has 0 amide bonds. The highest BCUT2D eigenvalue weighted by Crippen LogP contribution is 2.27. The molecule has 0 radical (unpaired) electrons. The Balaban J connectivity index is 1.56. The van der Waals surface area contributed by atoms with Crippen molar-refractivity contribution in [3.63, 3.8) is 0 Å². The summed E-state index contributed by atoms with van der Waals surface area (Å²) in [5.41, 5.74) is 0.116. The Labute approximate surface area is 186 Å². The van der Waals surface area contributed by atoms with E-state index in [9.17, 15) is 9.59 Å². The molecule has 1 aromatic heterocycles. The number of halogens is 2. The summed E-state index contributed by atoms with van der Waals surface area (Å²) in [7, 11) is 1.56.